The largest absolute Gasteiger partial charge is 0.481 e. The van der Waals surface area contributed by atoms with Crippen LogP contribution in [-0.2, 0) is 11.3 Å². The summed E-state index contributed by atoms with van der Waals surface area (Å²) in [6.07, 6.45) is 1.50. The van der Waals surface area contributed by atoms with E-state index in [-0.39, 0.29) is 0 Å². The van der Waals surface area contributed by atoms with E-state index in [1.807, 2.05) is 47.2 Å². The number of aromatic nitrogens is 2. The number of methoxy groups -OCH3 is 1. The Morgan fingerprint density at radius 1 is 1.20 bits per heavy atom. The highest BCUT2D eigenvalue weighted by molar-refractivity contribution is 7.17. The maximum absolute atomic E-state index is 13.1. The first-order valence-electron chi connectivity index (χ1n) is 9.14. The van der Waals surface area contributed by atoms with Crippen LogP contribution in [0.5, 0.6) is 5.88 Å². The summed E-state index contributed by atoms with van der Waals surface area (Å²) in [4.78, 5) is 29.8. The van der Waals surface area contributed by atoms with Crippen LogP contribution in [0.15, 0.2) is 54.0 Å². The Hall–Kier alpha value is -3.16. The average Bonchev–Trinajstić information content (AvgIpc) is 3.31. The molecule has 0 aliphatic heterocycles. The van der Waals surface area contributed by atoms with Gasteiger partial charge in [0.1, 0.15) is 0 Å². The highest BCUT2D eigenvalue weighted by Crippen LogP contribution is 2.32. The number of anilines is 1. The highest BCUT2D eigenvalue weighted by Gasteiger charge is 2.26. The summed E-state index contributed by atoms with van der Waals surface area (Å²) in [6, 6.07) is 12.7. The smallest absolute Gasteiger partial charge is 0.296 e. The zero-order valence-electron chi connectivity index (χ0n) is 16.3. The van der Waals surface area contributed by atoms with E-state index in [9.17, 15) is 9.59 Å². The first-order chi connectivity index (χ1) is 14.5. The highest BCUT2D eigenvalue weighted by atomic mass is 35.5. The van der Waals surface area contributed by atoms with E-state index >= 15 is 0 Å². The van der Waals surface area contributed by atoms with Crippen LogP contribution in [0.3, 0.4) is 0 Å². The number of pyridine rings is 1. The number of fused-ring (bicyclic) bond motifs is 1. The molecule has 3 heterocycles. The number of hydrogen-bond acceptors (Lipinski definition) is 5. The number of ketones is 1. The van der Waals surface area contributed by atoms with Gasteiger partial charge in [0, 0.05) is 35.2 Å². The Morgan fingerprint density at radius 2 is 1.97 bits per heavy atom. The standard InChI is InChI=1S/C22H18ClN3O3S/c1-13-19(20(27)22(28)25-16-7-9-24-18(11-16)29-2)21-17(8-10-30-21)26(13)12-14-3-5-15(23)6-4-14/h3-11H,12H2,1-2H3,(H,24,25,28). The first kappa shape index (κ1) is 20.1. The van der Waals surface area contributed by atoms with E-state index in [4.69, 9.17) is 16.3 Å². The summed E-state index contributed by atoms with van der Waals surface area (Å²) in [5, 5.41) is 5.23. The van der Waals surface area contributed by atoms with Crippen LogP contribution in [0.1, 0.15) is 21.6 Å². The molecule has 6 nitrogen and oxygen atoms in total. The fraction of sp³-hybridized carbons (Fsp3) is 0.136. The van der Waals surface area contributed by atoms with Crippen LogP contribution >= 0.6 is 22.9 Å². The molecule has 8 heteroatoms. The molecule has 0 spiro atoms. The Bertz CT molecular complexity index is 1240. The molecule has 1 N–H and O–H groups in total. The molecular weight excluding hydrogens is 422 g/mol. The lowest BCUT2D eigenvalue weighted by atomic mass is 10.1. The molecule has 0 radical (unpaired) electrons. The molecule has 0 saturated carbocycles. The molecule has 0 atom stereocenters. The van der Waals surface area contributed by atoms with E-state index < -0.39 is 11.7 Å². The maximum Gasteiger partial charge on any atom is 0.296 e. The fourth-order valence-electron chi connectivity index (χ4n) is 3.33. The second-order valence-corrected chi connectivity index (χ2v) is 8.03. The van der Waals surface area contributed by atoms with Crippen molar-refractivity contribution in [2.75, 3.05) is 12.4 Å². The number of rotatable bonds is 6. The topological polar surface area (TPSA) is 73.2 Å². The average molecular weight is 440 g/mol. The molecule has 1 aromatic carbocycles. The van der Waals surface area contributed by atoms with Crippen molar-refractivity contribution in [1.29, 1.82) is 0 Å². The third-order valence-electron chi connectivity index (χ3n) is 4.82. The lowest BCUT2D eigenvalue weighted by molar-refractivity contribution is -0.112. The number of benzene rings is 1. The molecule has 1 amide bonds. The number of amides is 1. The molecule has 0 bridgehead atoms. The van der Waals surface area contributed by atoms with Gasteiger partial charge in [-0.15, -0.1) is 11.3 Å². The van der Waals surface area contributed by atoms with Gasteiger partial charge >= 0.3 is 0 Å². The van der Waals surface area contributed by atoms with Crippen molar-refractivity contribution < 1.29 is 14.3 Å². The van der Waals surface area contributed by atoms with Crippen molar-refractivity contribution in [3.63, 3.8) is 0 Å². The van der Waals surface area contributed by atoms with Crippen LogP contribution < -0.4 is 10.1 Å². The molecule has 4 aromatic rings. The van der Waals surface area contributed by atoms with Crippen molar-refractivity contribution in [3.05, 3.63) is 75.9 Å². The molecule has 0 fully saturated rings. The number of carbonyl (C=O) groups is 2. The molecule has 3 aromatic heterocycles. The minimum atomic E-state index is -0.703. The van der Waals surface area contributed by atoms with Crippen LogP contribution in [-0.4, -0.2) is 28.4 Å². The Kier molecular flexibility index (Phi) is 5.57. The van der Waals surface area contributed by atoms with E-state index in [1.165, 1.54) is 24.6 Å². The van der Waals surface area contributed by atoms with Gasteiger partial charge in [-0.05, 0) is 42.1 Å². The van der Waals surface area contributed by atoms with E-state index in [0.717, 1.165) is 21.5 Å². The summed E-state index contributed by atoms with van der Waals surface area (Å²) >= 11 is 7.43. The van der Waals surface area contributed by atoms with Crippen LogP contribution in [0, 0.1) is 6.92 Å². The van der Waals surface area contributed by atoms with Crippen LogP contribution in [0.2, 0.25) is 5.02 Å². The van der Waals surface area contributed by atoms with Crippen molar-refractivity contribution in [2.45, 2.75) is 13.5 Å². The number of nitrogens with zero attached hydrogens (tertiary/aromatic N) is 2. The number of carbonyl (C=O) groups excluding carboxylic acids is 2. The molecule has 0 aliphatic carbocycles. The summed E-state index contributed by atoms with van der Waals surface area (Å²) < 4.78 is 7.90. The normalized spacial score (nSPS) is 10.9. The van der Waals surface area contributed by atoms with Crippen molar-refractivity contribution in [2.24, 2.45) is 0 Å². The predicted octanol–water partition coefficient (Wildman–Crippen LogP) is 4.94. The first-order valence-corrected chi connectivity index (χ1v) is 10.4. The lowest BCUT2D eigenvalue weighted by Crippen LogP contribution is -2.23. The van der Waals surface area contributed by atoms with Gasteiger partial charge in [-0.25, -0.2) is 4.98 Å². The zero-order chi connectivity index (χ0) is 21.3. The quantitative estimate of drug-likeness (QED) is 0.341. The molecular formula is C22H18ClN3O3S. The van der Waals surface area contributed by atoms with Crippen LogP contribution in [0.4, 0.5) is 5.69 Å². The van der Waals surface area contributed by atoms with Gasteiger partial charge in [0.2, 0.25) is 5.88 Å². The van der Waals surface area contributed by atoms with Crippen molar-refractivity contribution in [1.82, 2.24) is 9.55 Å². The van der Waals surface area contributed by atoms with Crippen molar-refractivity contribution >= 4 is 50.5 Å². The van der Waals surface area contributed by atoms with Crippen LogP contribution in [0.25, 0.3) is 10.2 Å². The van der Waals surface area contributed by atoms with Gasteiger partial charge in [0.05, 0.1) is 22.9 Å². The number of ether oxygens (including phenoxy) is 1. The summed E-state index contributed by atoms with van der Waals surface area (Å²) in [6.45, 7) is 2.44. The summed E-state index contributed by atoms with van der Waals surface area (Å²) in [5.41, 5.74) is 3.60. The molecule has 0 aliphatic rings. The number of Topliss-reactive ketones (excluding diaryl/α,β-unsaturated/α-hetero) is 1. The van der Waals surface area contributed by atoms with Crippen molar-refractivity contribution in [3.8, 4) is 5.88 Å². The predicted molar refractivity (Wildman–Crippen MR) is 119 cm³/mol. The molecule has 30 heavy (non-hydrogen) atoms. The monoisotopic (exact) mass is 439 g/mol. The number of thiophene rings is 1. The fourth-order valence-corrected chi connectivity index (χ4v) is 4.44. The number of halogens is 1. The van der Waals surface area contributed by atoms with Gasteiger partial charge in [-0.2, -0.15) is 0 Å². The second-order valence-electron chi connectivity index (χ2n) is 6.68. The van der Waals surface area contributed by atoms with Gasteiger partial charge in [-0.3, -0.25) is 9.59 Å². The minimum Gasteiger partial charge on any atom is -0.481 e. The third-order valence-corrected chi connectivity index (χ3v) is 5.99. The lowest BCUT2D eigenvalue weighted by Gasteiger charge is -2.09. The summed E-state index contributed by atoms with van der Waals surface area (Å²) in [5.74, 6) is -0.929. The Balaban J connectivity index is 1.65. The molecule has 0 unspecified atom stereocenters. The van der Waals surface area contributed by atoms with Gasteiger partial charge in [0.15, 0.2) is 0 Å². The molecule has 152 valence electrons. The SMILES string of the molecule is COc1cc(NC(=O)C(=O)c2c(C)n(Cc3ccc(Cl)cc3)c3ccsc23)ccn1. The summed E-state index contributed by atoms with van der Waals surface area (Å²) in [7, 11) is 1.49. The second kappa shape index (κ2) is 8.30. The van der Waals surface area contributed by atoms with Gasteiger partial charge in [-0.1, -0.05) is 23.7 Å². The number of hydrogen-bond donors (Lipinski definition) is 1. The zero-order valence-corrected chi connectivity index (χ0v) is 17.9. The maximum atomic E-state index is 13.1. The van der Waals surface area contributed by atoms with E-state index in [0.29, 0.717) is 28.7 Å². The molecule has 4 rings (SSSR count). The third kappa shape index (κ3) is 3.81. The van der Waals surface area contributed by atoms with Gasteiger partial charge in [0.25, 0.3) is 11.7 Å². The molecule has 0 saturated heterocycles. The Morgan fingerprint density at radius 3 is 2.70 bits per heavy atom. The van der Waals surface area contributed by atoms with E-state index in [2.05, 4.69) is 10.3 Å². The minimum absolute atomic E-state index is 0.353. The number of nitrogens with one attached hydrogen (secondary N) is 1. The van der Waals surface area contributed by atoms with Gasteiger partial charge < -0.3 is 14.6 Å². The van der Waals surface area contributed by atoms with E-state index in [1.54, 1.807) is 12.1 Å². The Labute approximate surface area is 182 Å².